The van der Waals surface area contributed by atoms with Crippen LogP contribution in [-0.4, -0.2) is 22.5 Å². The molecule has 5 heteroatoms. The molecule has 0 bridgehead atoms. The topological polar surface area (TPSA) is 60.8 Å². The summed E-state index contributed by atoms with van der Waals surface area (Å²) in [4.78, 5) is 13.1. The molecule has 0 saturated heterocycles. The van der Waals surface area contributed by atoms with E-state index in [1.54, 1.807) is 11.3 Å². The van der Waals surface area contributed by atoms with E-state index in [-0.39, 0.29) is 0 Å². The molecular weight excluding hydrogens is 370 g/mol. The monoisotopic (exact) mass is 391 g/mol. The van der Waals surface area contributed by atoms with Gasteiger partial charge in [0.2, 0.25) is 0 Å². The second-order valence-electron chi connectivity index (χ2n) is 7.52. The number of aliphatic hydroxyl groups is 1. The van der Waals surface area contributed by atoms with Gasteiger partial charge < -0.3 is 10.2 Å². The highest BCUT2D eigenvalue weighted by molar-refractivity contribution is 7.17. The summed E-state index contributed by atoms with van der Waals surface area (Å²) in [6.07, 6.45) is 4.60. The fourth-order valence-electron chi connectivity index (χ4n) is 4.51. The molecule has 2 N–H and O–H groups in total. The molecule has 1 aromatic heterocycles. The summed E-state index contributed by atoms with van der Waals surface area (Å²) in [5, 5.41) is 24.0. The summed E-state index contributed by atoms with van der Waals surface area (Å²) < 4.78 is 1.20. The fraction of sp³-hybridized carbons (Fsp3) is 0.261. The van der Waals surface area contributed by atoms with Crippen LogP contribution in [0.4, 0.5) is 10.5 Å². The number of rotatable bonds is 2. The Bertz CT molecular complexity index is 1110. The number of anilines is 1. The van der Waals surface area contributed by atoms with Gasteiger partial charge in [-0.15, -0.1) is 11.3 Å². The molecule has 142 valence electrons. The summed E-state index contributed by atoms with van der Waals surface area (Å²) in [6.45, 7) is 0. The van der Waals surface area contributed by atoms with E-state index in [4.69, 9.17) is 0 Å². The highest BCUT2D eigenvalue weighted by Crippen LogP contribution is 2.40. The molecule has 2 aromatic carbocycles. The minimum absolute atomic E-state index is 0.540. The van der Waals surface area contributed by atoms with Crippen molar-refractivity contribution in [3.05, 3.63) is 69.6 Å². The quantitative estimate of drug-likeness (QED) is 0.629. The van der Waals surface area contributed by atoms with E-state index in [1.165, 1.54) is 27.6 Å². The molecular formula is C23H21NO3S. The van der Waals surface area contributed by atoms with Gasteiger partial charge in [0.05, 0.1) is 5.69 Å². The molecule has 1 aliphatic heterocycles. The Morgan fingerprint density at radius 1 is 1.14 bits per heavy atom. The Labute approximate surface area is 167 Å². The number of aliphatic hydroxyl groups excluding tert-OH is 1. The number of carbonyl (C=O) groups is 1. The highest BCUT2D eigenvalue weighted by atomic mass is 32.1. The Morgan fingerprint density at radius 3 is 2.82 bits per heavy atom. The lowest BCUT2D eigenvalue weighted by Gasteiger charge is -2.34. The number of thiophene rings is 1. The van der Waals surface area contributed by atoms with Crippen molar-refractivity contribution < 1.29 is 15.0 Å². The predicted octanol–water partition coefficient (Wildman–Crippen LogP) is 5.22. The molecule has 1 unspecified atom stereocenters. The lowest BCUT2D eigenvalue weighted by molar-refractivity contribution is 0.164. The molecule has 2 aliphatic rings. The zero-order valence-electron chi connectivity index (χ0n) is 15.4. The maximum atomic E-state index is 12.0. The summed E-state index contributed by atoms with van der Waals surface area (Å²) in [7, 11) is 0. The van der Waals surface area contributed by atoms with Crippen molar-refractivity contribution in [2.24, 2.45) is 0 Å². The van der Waals surface area contributed by atoms with Crippen LogP contribution in [0.5, 0.6) is 0 Å². The predicted molar refractivity (Wildman–Crippen MR) is 113 cm³/mol. The second-order valence-corrected chi connectivity index (χ2v) is 8.43. The van der Waals surface area contributed by atoms with Gasteiger partial charge in [0, 0.05) is 10.3 Å². The first-order chi connectivity index (χ1) is 13.6. The molecule has 0 spiro atoms. The van der Waals surface area contributed by atoms with Crippen molar-refractivity contribution in [1.29, 1.82) is 0 Å². The zero-order chi connectivity index (χ0) is 19.3. The van der Waals surface area contributed by atoms with Crippen molar-refractivity contribution >= 4 is 39.3 Å². The van der Waals surface area contributed by atoms with Crippen LogP contribution in [0.25, 0.3) is 16.2 Å². The van der Waals surface area contributed by atoms with Gasteiger partial charge in [0.1, 0.15) is 0 Å². The van der Waals surface area contributed by atoms with E-state index >= 15 is 0 Å². The van der Waals surface area contributed by atoms with Crippen LogP contribution in [0.15, 0.2) is 47.4 Å². The van der Waals surface area contributed by atoms with E-state index in [0.717, 1.165) is 40.9 Å². The van der Waals surface area contributed by atoms with Crippen LogP contribution < -0.4 is 4.90 Å². The van der Waals surface area contributed by atoms with E-state index in [1.807, 2.05) is 30.3 Å². The number of carboxylic acid groups (broad SMARTS) is 1. The average molecular weight is 391 g/mol. The van der Waals surface area contributed by atoms with Crippen LogP contribution >= 0.6 is 11.3 Å². The molecule has 3 aromatic rings. The van der Waals surface area contributed by atoms with Crippen LogP contribution in [0.2, 0.25) is 0 Å². The van der Waals surface area contributed by atoms with Gasteiger partial charge in [-0.3, -0.25) is 0 Å². The maximum absolute atomic E-state index is 12.0. The minimum atomic E-state index is -1.16. The third-order valence-corrected chi connectivity index (χ3v) is 6.89. The number of amides is 1. The van der Waals surface area contributed by atoms with Crippen molar-refractivity contribution in [3.63, 3.8) is 0 Å². The van der Waals surface area contributed by atoms with E-state index in [0.29, 0.717) is 12.1 Å². The molecule has 5 rings (SSSR count). The maximum Gasteiger partial charge on any atom is 0.414 e. The summed E-state index contributed by atoms with van der Waals surface area (Å²) in [5.41, 5.74) is 5.99. The van der Waals surface area contributed by atoms with Crippen molar-refractivity contribution in [1.82, 2.24) is 0 Å². The highest BCUT2D eigenvalue weighted by Gasteiger charge is 2.33. The molecule has 0 fully saturated rings. The third-order valence-electron chi connectivity index (χ3n) is 5.88. The summed E-state index contributed by atoms with van der Waals surface area (Å²) >= 11 is 1.68. The smallest absolute Gasteiger partial charge is 0.414 e. The van der Waals surface area contributed by atoms with Crippen molar-refractivity contribution in [3.8, 4) is 0 Å². The Kier molecular flexibility index (Phi) is 4.22. The van der Waals surface area contributed by atoms with Gasteiger partial charge in [0.15, 0.2) is 6.23 Å². The second kappa shape index (κ2) is 6.76. The molecule has 1 amide bonds. The Morgan fingerprint density at radius 2 is 1.96 bits per heavy atom. The largest absolute Gasteiger partial charge is 0.465 e. The van der Waals surface area contributed by atoms with Gasteiger partial charge in [-0.25, -0.2) is 9.69 Å². The first-order valence-electron chi connectivity index (χ1n) is 9.64. The van der Waals surface area contributed by atoms with Gasteiger partial charge in [-0.2, -0.15) is 0 Å². The lowest BCUT2D eigenvalue weighted by atomic mass is 9.84. The zero-order valence-corrected chi connectivity index (χ0v) is 16.2. The van der Waals surface area contributed by atoms with Gasteiger partial charge >= 0.3 is 6.09 Å². The summed E-state index contributed by atoms with van der Waals surface area (Å²) in [6, 6.07) is 12.1. The fourth-order valence-corrected chi connectivity index (χ4v) is 5.48. The molecule has 1 atom stereocenters. The van der Waals surface area contributed by atoms with Crippen LogP contribution in [0, 0.1) is 0 Å². The Balaban J connectivity index is 1.63. The number of nitrogens with zero attached hydrogens (tertiary/aromatic N) is 1. The van der Waals surface area contributed by atoms with E-state index in [9.17, 15) is 15.0 Å². The lowest BCUT2D eigenvalue weighted by Crippen LogP contribution is -2.43. The molecule has 28 heavy (non-hydrogen) atoms. The van der Waals surface area contributed by atoms with Crippen molar-refractivity contribution in [2.75, 3.05) is 4.90 Å². The Hall–Kier alpha value is -2.63. The first-order valence-corrected chi connectivity index (χ1v) is 10.5. The van der Waals surface area contributed by atoms with E-state index in [2.05, 4.69) is 17.5 Å². The van der Waals surface area contributed by atoms with Gasteiger partial charge in [0.25, 0.3) is 0 Å². The number of fused-ring (bicyclic) bond motifs is 4. The number of hydrogen-bond acceptors (Lipinski definition) is 3. The first kappa shape index (κ1) is 17.5. The molecule has 0 saturated carbocycles. The molecule has 1 aliphatic carbocycles. The SMILES string of the molecule is O=C(O)N1c2ccc3c(c2C=C(Cc2csc4ccccc24)C1O)CCCC3. The molecule has 4 nitrogen and oxygen atoms in total. The summed E-state index contributed by atoms with van der Waals surface area (Å²) in [5.74, 6) is 0. The number of benzene rings is 2. The third kappa shape index (κ3) is 2.74. The van der Waals surface area contributed by atoms with E-state index < -0.39 is 12.3 Å². The molecule has 0 radical (unpaired) electrons. The average Bonchev–Trinajstić information content (AvgIpc) is 3.11. The number of hydrogen-bond donors (Lipinski definition) is 2. The standard InChI is InChI=1S/C23H21NO3S/c25-22-15(11-16-13-28-21-8-4-3-7-18(16)21)12-19-17-6-2-1-5-14(17)9-10-20(19)24(22)23(26)27/h3-4,7-10,12-13,22,25H,1-2,5-6,11H2,(H,26,27). The van der Waals surface area contributed by atoms with Crippen LogP contribution in [0.1, 0.15) is 35.1 Å². The van der Waals surface area contributed by atoms with Crippen LogP contribution in [0.3, 0.4) is 0 Å². The van der Waals surface area contributed by atoms with Gasteiger partial charge in [-0.1, -0.05) is 24.3 Å². The van der Waals surface area contributed by atoms with Crippen LogP contribution in [-0.2, 0) is 19.3 Å². The van der Waals surface area contributed by atoms with Crippen molar-refractivity contribution in [2.45, 2.75) is 38.3 Å². The molecule has 2 heterocycles. The normalized spacial score (nSPS) is 18.5. The number of aryl methyl sites for hydroxylation is 1. The minimum Gasteiger partial charge on any atom is -0.465 e. The van der Waals surface area contributed by atoms with Gasteiger partial charge in [-0.05, 0) is 83.3 Å².